The first kappa shape index (κ1) is 16.6. The lowest BCUT2D eigenvalue weighted by Crippen LogP contribution is -2.49. The second-order valence-corrected chi connectivity index (χ2v) is 7.44. The van der Waals surface area contributed by atoms with Gasteiger partial charge in [0.2, 0.25) is 0 Å². The zero-order valence-electron chi connectivity index (χ0n) is 15.2. The van der Waals surface area contributed by atoms with Gasteiger partial charge >= 0.3 is 6.03 Å². The van der Waals surface area contributed by atoms with Gasteiger partial charge in [0.25, 0.3) is 0 Å². The quantitative estimate of drug-likeness (QED) is 0.727. The highest BCUT2D eigenvalue weighted by atomic mass is 16.5. The number of amides is 2. The number of imidazole rings is 1. The number of nitrogens with zero attached hydrogens (tertiary/aromatic N) is 4. The average Bonchev–Trinajstić information content (AvgIpc) is 3.35. The minimum Gasteiger partial charge on any atom is -0.378 e. The maximum atomic E-state index is 12.4. The van der Waals surface area contributed by atoms with E-state index in [1.807, 2.05) is 23.6 Å². The van der Waals surface area contributed by atoms with Crippen molar-refractivity contribution in [2.45, 2.75) is 37.8 Å². The van der Waals surface area contributed by atoms with Gasteiger partial charge in [0.15, 0.2) is 0 Å². The number of carbonyl (C=O) groups excluding carboxylic acids is 1. The number of carbonyl (C=O) groups is 1. The van der Waals surface area contributed by atoms with Crippen LogP contribution in [0.4, 0.5) is 4.79 Å². The van der Waals surface area contributed by atoms with Crippen LogP contribution in [-0.4, -0.2) is 62.8 Å². The topological polar surface area (TPSA) is 88.1 Å². The van der Waals surface area contributed by atoms with Gasteiger partial charge in [-0.3, -0.25) is 0 Å². The first-order chi connectivity index (χ1) is 13.3. The highest BCUT2D eigenvalue weighted by Gasteiger charge is 2.27. The number of hydrogen-bond donors (Lipinski definition) is 2. The molecular weight excluding hydrogens is 344 g/mol. The molecule has 1 saturated carbocycles. The Kier molecular flexibility index (Phi) is 4.20. The van der Waals surface area contributed by atoms with E-state index in [-0.39, 0.29) is 12.1 Å². The second kappa shape index (κ2) is 6.84. The Morgan fingerprint density at radius 3 is 2.81 bits per heavy atom. The van der Waals surface area contributed by atoms with Crippen molar-refractivity contribution in [3.8, 4) is 0 Å². The van der Waals surface area contributed by atoms with Gasteiger partial charge < -0.3 is 24.5 Å². The molecule has 8 nitrogen and oxygen atoms in total. The SMILES string of the molecule is O=C(N[C@H]1CC[C@H](n2cnc3cnc4[nH]ccc4c32)CC1)N1CCOCC1. The van der Waals surface area contributed by atoms with Gasteiger partial charge in [-0.2, -0.15) is 0 Å². The minimum absolute atomic E-state index is 0.0509. The van der Waals surface area contributed by atoms with Crippen LogP contribution in [0.1, 0.15) is 31.7 Å². The number of pyridine rings is 1. The molecule has 1 aliphatic carbocycles. The van der Waals surface area contributed by atoms with Crippen LogP contribution >= 0.6 is 0 Å². The molecule has 0 aromatic carbocycles. The summed E-state index contributed by atoms with van der Waals surface area (Å²) in [6, 6.07) is 2.78. The molecule has 0 spiro atoms. The number of fused-ring (bicyclic) bond motifs is 3. The fraction of sp³-hybridized carbons (Fsp3) is 0.526. The Hall–Kier alpha value is -2.61. The zero-order valence-corrected chi connectivity index (χ0v) is 15.2. The lowest BCUT2D eigenvalue weighted by Gasteiger charge is -2.33. The molecule has 27 heavy (non-hydrogen) atoms. The summed E-state index contributed by atoms with van der Waals surface area (Å²) in [4.78, 5) is 26.4. The molecule has 3 aromatic rings. The van der Waals surface area contributed by atoms with Crippen LogP contribution in [0, 0.1) is 0 Å². The van der Waals surface area contributed by atoms with Crippen molar-refractivity contribution in [2.75, 3.05) is 26.3 Å². The average molecular weight is 368 g/mol. The fourth-order valence-corrected chi connectivity index (χ4v) is 4.34. The standard InChI is InChI=1S/C19H24N6O2/c26-19(24-7-9-27-10-8-24)23-13-1-3-14(4-2-13)25-12-22-16-11-21-18-15(17(16)25)5-6-20-18/h5-6,11-14H,1-4,7-10H2,(H,20,21)(H,23,26)/t13-,14-. The summed E-state index contributed by atoms with van der Waals surface area (Å²) in [5, 5.41) is 4.33. The van der Waals surface area contributed by atoms with E-state index in [9.17, 15) is 4.79 Å². The van der Waals surface area contributed by atoms with Crippen LogP contribution in [0.25, 0.3) is 22.1 Å². The fourth-order valence-electron chi connectivity index (χ4n) is 4.34. The van der Waals surface area contributed by atoms with Crippen LogP contribution in [0.15, 0.2) is 24.8 Å². The lowest BCUT2D eigenvalue weighted by molar-refractivity contribution is 0.0520. The number of nitrogens with one attached hydrogen (secondary N) is 2. The van der Waals surface area contributed by atoms with Crippen molar-refractivity contribution in [3.05, 3.63) is 24.8 Å². The van der Waals surface area contributed by atoms with Crippen molar-refractivity contribution in [3.63, 3.8) is 0 Å². The summed E-state index contributed by atoms with van der Waals surface area (Å²) in [6.07, 6.45) is 9.74. The molecule has 2 N–H and O–H groups in total. The van der Waals surface area contributed by atoms with Gasteiger partial charge in [-0.1, -0.05) is 0 Å². The molecule has 142 valence electrons. The van der Waals surface area contributed by atoms with Crippen LogP contribution in [0.3, 0.4) is 0 Å². The second-order valence-electron chi connectivity index (χ2n) is 7.44. The first-order valence-corrected chi connectivity index (χ1v) is 9.71. The van der Waals surface area contributed by atoms with E-state index in [0.29, 0.717) is 32.3 Å². The number of H-pyrrole nitrogens is 1. The number of rotatable bonds is 2. The molecule has 0 atom stereocenters. The van der Waals surface area contributed by atoms with Gasteiger partial charge in [0, 0.05) is 36.8 Å². The highest BCUT2D eigenvalue weighted by Crippen LogP contribution is 2.33. The number of aromatic amines is 1. The Morgan fingerprint density at radius 1 is 1.19 bits per heavy atom. The Labute approximate surface area is 156 Å². The molecule has 8 heteroatoms. The van der Waals surface area contributed by atoms with Crippen molar-refractivity contribution in [1.82, 2.24) is 29.7 Å². The molecule has 2 amide bonds. The molecule has 0 radical (unpaired) electrons. The number of hydrogen-bond acceptors (Lipinski definition) is 4. The van der Waals surface area contributed by atoms with Gasteiger partial charge in [-0.25, -0.2) is 14.8 Å². The van der Waals surface area contributed by atoms with Gasteiger partial charge in [0.05, 0.1) is 31.3 Å². The van der Waals surface area contributed by atoms with Gasteiger partial charge in [-0.15, -0.1) is 0 Å². The normalized spacial score (nSPS) is 23.8. The van der Waals surface area contributed by atoms with E-state index in [4.69, 9.17) is 4.74 Å². The van der Waals surface area contributed by atoms with E-state index in [1.165, 1.54) is 0 Å². The molecular formula is C19H24N6O2. The zero-order chi connectivity index (χ0) is 18.2. The molecule has 1 saturated heterocycles. The van der Waals surface area contributed by atoms with E-state index >= 15 is 0 Å². The predicted octanol–water partition coefficient (Wildman–Crippen LogP) is 2.44. The Morgan fingerprint density at radius 2 is 2.00 bits per heavy atom. The van der Waals surface area contributed by atoms with Crippen LogP contribution in [-0.2, 0) is 4.74 Å². The maximum absolute atomic E-state index is 12.4. The van der Waals surface area contributed by atoms with E-state index in [1.54, 1.807) is 0 Å². The minimum atomic E-state index is 0.0509. The molecule has 5 rings (SSSR count). The Bertz CT molecular complexity index is 950. The third-order valence-electron chi connectivity index (χ3n) is 5.83. The van der Waals surface area contributed by atoms with Crippen LogP contribution < -0.4 is 5.32 Å². The summed E-state index contributed by atoms with van der Waals surface area (Å²) in [5.41, 5.74) is 2.99. The summed E-state index contributed by atoms with van der Waals surface area (Å²) in [6.45, 7) is 2.64. The van der Waals surface area contributed by atoms with Gasteiger partial charge in [-0.05, 0) is 31.7 Å². The van der Waals surface area contributed by atoms with E-state index < -0.39 is 0 Å². The monoisotopic (exact) mass is 368 g/mol. The maximum Gasteiger partial charge on any atom is 0.317 e. The number of morpholine rings is 1. The molecule has 4 heterocycles. The molecule has 2 fully saturated rings. The molecule has 2 aliphatic rings. The largest absolute Gasteiger partial charge is 0.378 e. The summed E-state index contributed by atoms with van der Waals surface area (Å²) in [5.74, 6) is 0. The summed E-state index contributed by atoms with van der Waals surface area (Å²) < 4.78 is 7.62. The molecule has 0 unspecified atom stereocenters. The third kappa shape index (κ3) is 3.03. The van der Waals surface area contributed by atoms with Crippen molar-refractivity contribution >= 4 is 28.1 Å². The van der Waals surface area contributed by atoms with Crippen LogP contribution in [0.5, 0.6) is 0 Å². The summed E-state index contributed by atoms with van der Waals surface area (Å²) >= 11 is 0. The van der Waals surface area contributed by atoms with Gasteiger partial charge in [0.1, 0.15) is 11.2 Å². The third-order valence-corrected chi connectivity index (χ3v) is 5.83. The number of ether oxygens (including phenoxy) is 1. The van der Waals surface area contributed by atoms with Crippen molar-refractivity contribution in [1.29, 1.82) is 0 Å². The van der Waals surface area contributed by atoms with E-state index in [0.717, 1.165) is 47.8 Å². The van der Waals surface area contributed by atoms with Crippen molar-refractivity contribution in [2.24, 2.45) is 0 Å². The molecule has 3 aromatic heterocycles. The highest BCUT2D eigenvalue weighted by molar-refractivity contribution is 6.00. The summed E-state index contributed by atoms with van der Waals surface area (Å²) in [7, 11) is 0. The first-order valence-electron chi connectivity index (χ1n) is 9.71. The number of aromatic nitrogens is 4. The molecule has 1 aliphatic heterocycles. The predicted molar refractivity (Wildman–Crippen MR) is 102 cm³/mol. The number of urea groups is 1. The molecule has 0 bridgehead atoms. The van der Waals surface area contributed by atoms with E-state index in [2.05, 4.69) is 30.9 Å². The Balaban J connectivity index is 1.27. The lowest BCUT2D eigenvalue weighted by atomic mass is 9.91. The van der Waals surface area contributed by atoms with Crippen molar-refractivity contribution < 1.29 is 9.53 Å². The van der Waals surface area contributed by atoms with Crippen LogP contribution in [0.2, 0.25) is 0 Å². The smallest absolute Gasteiger partial charge is 0.317 e.